The lowest BCUT2D eigenvalue weighted by molar-refractivity contribution is 0.810. The Labute approximate surface area is 91.1 Å². The molecule has 0 atom stereocenters. The van der Waals surface area contributed by atoms with Gasteiger partial charge in [-0.1, -0.05) is 13.3 Å². The number of H-pyrrole nitrogens is 1. The fraction of sp³-hybridized carbons (Fsp3) is 0.600. The molecule has 76 valence electrons. The van der Waals surface area contributed by atoms with Crippen LogP contribution in [0.4, 0.5) is 0 Å². The van der Waals surface area contributed by atoms with Gasteiger partial charge in [-0.3, -0.25) is 4.79 Å². The molecule has 1 N–H and O–H groups in total. The molecule has 0 radical (unpaired) electrons. The van der Waals surface area contributed by atoms with Crippen LogP contribution in [0.2, 0.25) is 0 Å². The highest BCUT2D eigenvalue weighted by atomic mass is 79.9. The normalized spacial score (nSPS) is 15.9. The predicted molar refractivity (Wildman–Crippen MR) is 58.5 cm³/mol. The molecule has 0 saturated heterocycles. The van der Waals surface area contributed by atoms with Crippen LogP contribution in [-0.2, 0) is 6.42 Å². The van der Waals surface area contributed by atoms with Gasteiger partial charge in [-0.05, 0) is 35.2 Å². The van der Waals surface area contributed by atoms with E-state index in [0.717, 1.165) is 37.2 Å². The van der Waals surface area contributed by atoms with Crippen molar-refractivity contribution >= 4 is 15.9 Å². The van der Waals surface area contributed by atoms with E-state index in [4.69, 9.17) is 0 Å². The second kappa shape index (κ2) is 3.85. The molecule has 0 unspecified atom stereocenters. The van der Waals surface area contributed by atoms with Crippen LogP contribution in [0.5, 0.6) is 0 Å². The summed E-state index contributed by atoms with van der Waals surface area (Å²) in [6.07, 6.45) is 4.20. The average Bonchev–Trinajstić information content (AvgIpc) is 2.96. The molecule has 0 amide bonds. The third kappa shape index (κ3) is 1.90. The quantitative estimate of drug-likeness (QED) is 0.903. The van der Waals surface area contributed by atoms with Crippen LogP contribution in [0.15, 0.2) is 9.27 Å². The first-order valence-corrected chi connectivity index (χ1v) is 5.80. The van der Waals surface area contributed by atoms with E-state index in [1.165, 1.54) is 0 Å². The Morgan fingerprint density at radius 3 is 2.86 bits per heavy atom. The molecule has 2 rings (SSSR count). The van der Waals surface area contributed by atoms with E-state index >= 15 is 0 Å². The SMILES string of the molecule is CCCc1nc(C2CC2)[nH]c(=O)c1Br. The lowest BCUT2D eigenvalue weighted by Crippen LogP contribution is -2.15. The highest BCUT2D eigenvalue weighted by molar-refractivity contribution is 9.10. The minimum absolute atomic E-state index is 0.0367. The number of halogens is 1. The van der Waals surface area contributed by atoms with E-state index in [9.17, 15) is 4.79 Å². The zero-order chi connectivity index (χ0) is 10.1. The lowest BCUT2D eigenvalue weighted by Gasteiger charge is -2.04. The van der Waals surface area contributed by atoms with Gasteiger partial charge in [0.1, 0.15) is 10.3 Å². The summed E-state index contributed by atoms with van der Waals surface area (Å²) < 4.78 is 0.601. The van der Waals surface area contributed by atoms with Gasteiger partial charge in [0.05, 0.1) is 5.69 Å². The van der Waals surface area contributed by atoms with Crippen molar-refractivity contribution in [1.82, 2.24) is 9.97 Å². The Balaban J connectivity index is 2.41. The molecular weight excluding hydrogens is 244 g/mol. The van der Waals surface area contributed by atoms with Gasteiger partial charge in [0, 0.05) is 5.92 Å². The van der Waals surface area contributed by atoms with Crippen molar-refractivity contribution in [2.75, 3.05) is 0 Å². The van der Waals surface area contributed by atoms with E-state index in [0.29, 0.717) is 10.4 Å². The maximum Gasteiger partial charge on any atom is 0.265 e. The first-order chi connectivity index (χ1) is 6.72. The zero-order valence-electron chi connectivity index (χ0n) is 8.14. The van der Waals surface area contributed by atoms with Crippen LogP contribution >= 0.6 is 15.9 Å². The molecule has 1 aromatic heterocycles. The Hall–Kier alpha value is -0.640. The van der Waals surface area contributed by atoms with Gasteiger partial charge in [-0.15, -0.1) is 0 Å². The van der Waals surface area contributed by atoms with Crippen molar-refractivity contribution in [2.24, 2.45) is 0 Å². The fourth-order valence-electron chi connectivity index (χ4n) is 1.48. The molecule has 0 spiro atoms. The summed E-state index contributed by atoms with van der Waals surface area (Å²) in [7, 11) is 0. The number of aromatic nitrogens is 2. The fourth-order valence-corrected chi connectivity index (χ4v) is 1.86. The maximum absolute atomic E-state index is 11.5. The van der Waals surface area contributed by atoms with Crippen molar-refractivity contribution in [3.8, 4) is 0 Å². The van der Waals surface area contributed by atoms with Crippen LogP contribution in [0, 0.1) is 0 Å². The molecule has 14 heavy (non-hydrogen) atoms. The summed E-state index contributed by atoms with van der Waals surface area (Å²) in [5.41, 5.74) is 0.864. The summed E-state index contributed by atoms with van der Waals surface area (Å²) in [6, 6.07) is 0. The molecule has 1 aliphatic carbocycles. The number of aryl methyl sites for hydroxylation is 1. The number of hydrogen-bond donors (Lipinski definition) is 1. The van der Waals surface area contributed by atoms with Gasteiger partial charge in [0.15, 0.2) is 0 Å². The summed E-state index contributed by atoms with van der Waals surface area (Å²) in [4.78, 5) is 18.8. The molecule has 1 aliphatic rings. The van der Waals surface area contributed by atoms with Crippen LogP contribution < -0.4 is 5.56 Å². The van der Waals surface area contributed by atoms with E-state index < -0.39 is 0 Å². The Kier molecular flexibility index (Phi) is 2.72. The third-order valence-electron chi connectivity index (χ3n) is 2.40. The topological polar surface area (TPSA) is 45.8 Å². The Bertz CT molecular complexity index is 396. The van der Waals surface area contributed by atoms with E-state index in [1.807, 2.05) is 0 Å². The van der Waals surface area contributed by atoms with E-state index in [-0.39, 0.29) is 5.56 Å². The van der Waals surface area contributed by atoms with Crippen molar-refractivity contribution in [3.05, 3.63) is 26.3 Å². The maximum atomic E-state index is 11.5. The number of rotatable bonds is 3. The van der Waals surface area contributed by atoms with Crippen molar-refractivity contribution in [3.63, 3.8) is 0 Å². The highest BCUT2D eigenvalue weighted by Gasteiger charge is 2.27. The summed E-state index contributed by atoms with van der Waals surface area (Å²) in [5.74, 6) is 1.38. The third-order valence-corrected chi connectivity index (χ3v) is 3.22. The summed E-state index contributed by atoms with van der Waals surface area (Å²) in [6.45, 7) is 2.09. The summed E-state index contributed by atoms with van der Waals surface area (Å²) in [5, 5.41) is 0. The van der Waals surface area contributed by atoms with E-state index in [1.54, 1.807) is 0 Å². The number of aromatic amines is 1. The van der Waals surface area contributed by atoms with Gasteiger partial charge in [-0.25, -0.2) is 4.98 Å². The molecule has 1 saturated carbocycles. The van der Waals surface area contributed by atoms with Gasteiger partial charge in [0.2, 0.25) is 0 Å². The molecule has 1 aromatic rings. The minimum atomic E-state index is -0.0367. The smallest absolute Gasteiger partial charge is 0.265 e. The molecule has 4 heteroatoms. The Morgan fingerprint density at radius 2 is 2.29 bits per heavy atom. The van der Waals surface area contributed by atoms with Crippen molar-refractivity contribution < 1.29 is 0 Å². The van der Waals surface area contributed by atoms with Crippen LogP contribution in [0.3, 0.4) is 0 Å². The molecule has 0 aromatic carbocycles. The van der Waals surface area contributed by atoms with Gasteiger partial charge in [-0.2, -0.15) is 0 Å². The zero-order valence-corrected chi connectivity index (χ0v) is 9.73. The first kappa shape index (κ1) is 9.90. The second-order valence-corrected chi connectivity index (χ2v) is 4.53. The molecule has 0 aliphatic heterocycles. The minimum Gasteiger partial charge on any atom is -0.309 e. The molecule has 1 fully saturated rings. The first-order valence-electron chi connectivity index (χ1n) is 5.01. The summed E-state index contributed by atoms with van der Waals surface area (Å²) >= 11 is 3.28. The molecule has 3 nitrogen and oxygen atoms in total. The molecular formula is C10H13BrN2O. The standard InChI is InChI=1S/C10H13BrN2O/c1-2-3-7-8(11)10(14)13-9(12-7)6-4-5-6/h6H,2-5H2,1H3,(H,12,13,14). The second-order valence-electron chi connectivity index (χ2n) is 3.74. The average molecular weight is 257 g/mol. The largest absolute Gasteiger partial charge is 0.309 e. The van der Waals surface area contributed by atoms with Crippen molar-refractivity contribution in [2.45, 2.75) is 38.5 Å². The molecule has 0 bridgehead atoms. The lowest BCUT2D eigenvalue weighted by atomic mass is 10.2. The highest BCUT2D eigenvalue weighted by Crippen LogP contribution is 2.37. The van der Waals surface area contributed by atoms with Crippen LogP contribution in [0.25, 0.3) is 0 Å². The number of nitrogens with one attached hydrogen (secondary N) is 1. The van der Waals surface area contributed by atoms with Gasteiger partial charge < -0.3 is 4.98 Å². The number of hydrogen-bond acceptors (Lipinski definition) is 2. The molecule has 1 heterocycles. The monoisotopic (exact) mass is 256 g/mol. The van der Waals surface area contributed by atoms with Gasteiger partial charge >= 0.3 is 0 Å². The Morgan fingerprint density at radius 1 is 1.57 bits per heavy atom. The van der Waals surface area contributed by atoms with Crippen molar-refractivity contribution in [1.29, 1.82) is 0 Å². The van der Waals surface area contributed by atoms with Gasteiger partial charge in [0.25, 0.3) is 5.56 Å². The predicted octanol–water partition coefficient (Wildman–Crippen LogP) is 2.36. The van der Waals surface area contributed by atoms with E-state index in [2.05, 4.69) is 32.8 Å². The van der Waals surface area contributed by atoms with Crippen LogP contribution in [-0.4, -0.2) is 9.97 Å². The van der Waals surface area contributed by atoms with Crippen LogP contribution in [0.1, 0.15) is 43.6 Å². The number of nitrogens with zero attached hydrogens (tertiary/aromatic N) is 1.